The maximum Gasteiger partial charge on any atom is 0.327 e. The third-order valence-corrected chi connectivity index (χ3v) is 13.5. The van der Waals surface area contributed by atoms with Gasteiger partial charge in [0, 0.05) is 43.2 Å². The molecule has 4 aromatic heterocycles. The van der Waals surface area contributed by atoms with Crippen LogP contribution >= 0.6 is 0 Å². The molecule has 0 spiro atoms. The van der Waals surface area contributed by atoms with E-state index in [1.165, 1.54) is 27.7 Å². The molecular formula is C42H45F4N11O6. The van der Waals surface area contributed by atoms with Crippen LogP contribution in [0.4, 0.5) is 34.8 Å². The van der Waals surface area contributed by atoms with Crippen molar-refractivity contribution in [3.63, 3.8) is 0 Å². The molecule has 5 aromatic rings. The van der Waals surface area contributed by atoms with Gasteiger partial charge in [0.25, 0.3) is 18.2 Å². The molecule has 5 fully saturated rings. The lowest BCUT2D eigenvalue weighted by atomic mass is 9.84. The lowest BCUT2D eigenvalue weighted by molar-refractivity contribution is -0.151. The lowest BCUT2D eigenvalue weighted by Crippen LogP contribution is -2.47. The summed E-state index contributed by atoms with van der Waals surface area (Å²) in [6, 6.07) is 6.47. The fourth-order valence-corrected chi connectivity index (χ4v) is 10.0. The van der Waals surface area contributed by atoms with Crippen LogP contribution < -0.4 is 20.9 Å². The quantitative estimate of drug-likeness (QED) is 0.112. The molecule has 4 saturated heterocycles. The smallest absolute Gasteiger partial charge is 0.327 e. The third-order valence-electron chi connectivity index (χ3n) is 13.5. The Morgan fingerprint density at radius 1 is 0.984 bits per heavy atom. The van der Waals surface area contributed by atoms with Crippen molar-refractivity contribution in [2.75, 3.05) is 48.3 Å². The molecular weight excluding hydrogens is 831 g/mol. The highest BCUT2D eigenvalue weighted by molar-refractivity contribution is 6.08. The number of nitrogens with one attached hydrogen (secondary N) is 3. The standard InChI is InChI=1S/C42H45F4N11O6/c43-37(44)35-31(48-40(60)29-17-47-56-15-12-32(50-38(29)56)55-19-26-16-25(55)21-62-26)20-57(52-35)24-6-4-22(5-7-24)18-54-13-10-23(11-14-54)42(45,46)41(61)49-30-3-1-2-27-34(53-63-36(27)30)28-8-9-33(58)51-39(28)59/h1-3,12,15,17,20,22-26,28,37H,4-11,13-14,16,18-19,21H2,(H,48,60)(H,49,61)(H,51,58,59). The van der Waals surface area contributed by atoms with Crippen molar-refractivity contribution in [2.24, 2.45) is 11.8 Å². The van der Waals surface area contributed by atoms with E-state index in [0.717, 1.165) is 19.3 Å². The average molecular weight is 876 g/mol. The second-order valence-electron chi connectivity index (χ2n) is 17.4. The Morgan fingerprint density at radius 3 is 2.52 bits per heavy atom. The van der Waals surface area contributed by atoms with Crippen molar-refractivity contribution in [1.29, 1.82) is 0 Å². The number of carbonyl (C=O) groups is 4. The van der Waals surface area contributed by atoms with Gasteiger partial charge in [-0.2, -0.15) is 19.0 Å². The van der Waals surface area contributed by atoms with Gasteiger partial charge in [-0.1, -0.05) is 11.2 Å². The first kappa shape index (κ1) is 41.1. The molecule has 3 atom stereocenters. The van der Waals surface area contributed by atoms with Gasteiger partial charge in [-0.15, -0.1) is 0 Å². The number of fused-ring (bicyclic) bond motifs is 4. The van der Waals surface area contributed by atoms with Gasteiger partial charge in [-0.3, -0.25) is 29.2 Å². The molecule has 1 saturated carbocycles. The molecule has 2 bridgehead atoms. The largest absolute Gasteiger partial charge is 0.374 e. The summed E-state index contributed by atoms with van der Waals surface area (Å²) >= 11 is 0. The Kier molecular flexibility index (Phi) is 10.6. The molecule has 8 heterocycles. The summed E-state index contributed by atoms with van der Waals surface area (Å²) in [5.74, 6) is -7.64. The number of nitrogens with zero attached hydrogens (tertiary/aromatic N) is 8. The van der Waals surface area contributed by atoms with E-state index in [0.29, 0.717) is 62.5 Å². The molecule has 63 heavy (non-hydrogen) atoms. The van der Waals surface area contributed by atoms with Gasteiger partial charge >= 0.3 is 5.92 Å². The Balaban J connectivity index is 0.719. The molecule has 332 valence electrons. The Hall–Kier alpha value is -5.96. The lowest BCUT2D eigenvalue weighted by Gasteiger charge is -2.38. The van der Waals surface area contributed by atoms with Gasteiger partial charge in [0.1, 0.15) is 17.1 Å². The van der Waals surface area contributed by atoms with E-state index in [1.54, 1.807) is 18.3 Å². The van der Waals surface area contributed by atoms with E-state index in [9.17, 15) is 28.0 Å². The topological polar surface area (TPSA) is 194 Å². The summed E-state index contributed by atoms with van der Waals surface area (Å²) in [4.78, 5) is 59.7. The van der Waals surface area contributed by atoms with Crippen molar-refractivity contribution in [2.45, 2.75) is 94.2 Å². The van der Waals surface area contributed by atoms with Crippen LogP contribution in [0.5, 0.6) is 0 Å². The van der Waals surface area contributed by atoms with Gasteiger partial charge in [0.05, 0.1) is 48.3 Å². The number of rotatable bonds is 11. The Labute approximate surface area is 356 Å². The summed E-state index contributed by atoms with van der Waals surface area (Å²) in [6.45, 7) is 2.78. The molecule has 0 radical (unpaired) electrons. The van der Waals surface area contributed by atoms with Crippen molar-refractivity contribution < 1.29 is 46.0 Å². The zero-order chi connectivity index (χ0) is 43.6. The van der Waals surface area contributed by atoms with E-state index in [-0.39, 0.29) is 83.9 Å². The fraction of sp³-hybridized carbons (Fsp3) is 0.524. The molecule has 4 aliphatic heterocycles. The number of anilines is 3. The molecule has 21 heteroatoms. The highest BCUT2D eigenvalue weighted by Crippen LogP contribution is 2.40. The Morgan fingerprint density at radius 2 is 1.79 bits per heavy atom. The number of piperidine rings is 2. The minimum atomic E-state index is -3.67. The number of aromatic nitrogens is 6. The first-order valence-corrected chi connectivity index (χ1v) is 21.4. The van der Waals surface area contributed by atoms with Gasteiger partial charge in [-0.05, 0) is 88.6 Å². The summed E-state index contributed by atoms with van der Waals surface area (Å²) in [7, 11) is 0. The number of imide groups is 1. The number of para-hydroxylation sites is 1. The van der Waals surface area contributed by atoms with Crippen LogP contribution in [-0.2, 0) is 19.1 Å². The Bertz CT molecular complexity index is 2580. The summed E-state index contributed by atoms with van der Waals surface area (Å²) < 4.78 is 74.1. The third kappa shape index (κ3) is 7.78. The molecule has 4 amide bonds. The minimum Gasteiger partial charge on any atom is -0.374 e. The number of carbonyl (C=O) groups excluding carboxylic acids is 4. The number of benzene rings is 1. The first-order valence-electron chi connectivity index (χ1n) is 21.4. The van der Waals surface area contributed by atoms with Crippen LogP contribution in [-0.4, -0.2) is 109 Å². The predicted molar refractivity (Wildman–Crippen MR) is 216 cm³/mol. The molecule has 10 rings (SSSR count). The summed E-state index contributed by atoms with van der Waals surface area (Å²) in [5.41, 5.74) is 0.188. The predicted octanol–water partition coefficient (Wildman–Crippen LogP) is 5.47. The van der Waals surface area contributed by atoms with Crippen molar-refractivity contribution >= 4 is 57.4 Å². The van der Waals surface area contributed by atoms with E-state index in [2.05, 4.69) is 41.1 Å². The molecule has 1 aromatic carbocycles. The number of hydrogen-bond acceptors (Lipinski definition) is 12. The maximum absolute atomic E-state index is 15.7. The van der Waals surface area contributed by atoms with E-state index < -0.39 is 47.6 Å². The number of halogens is 4. The van der Waals surface area contributed by atoms with Crippen molar-refractivity contribution in [1.82, 2.24) is 39.8 Å². The maximum atomic E-state index is 15.7. The van der Waals surface area contributed by atoms with Crippen molar-refractivity contribution in [3.05, 3.63) is 59.8 Å². The average Bonchev–Trinajstić information content (AvgIpc) is 4.13. The van der Waals surface area contributed by atoms with Crippen LogP contribution in [0.2, 0.25) is 0 Å². The fourth-order valence-electron chi connectivity index (χ4n) is 10.0. The number of hydrogen-bond donors (Lipinski definition) is 3. The number of alkyl halides is 4. The molecule has 3 N–H and O–H groups in total. The van der Waals surface area contributed by atoms with Gasteiger partial charge in [0.15, 0.2) is 16.9 Å². The zero-order valence-electron chi connectivity index (χ0n) is 34.0. The van der Waals surface area contributed by atoms with Crippen LogP contribution in [0.1, 0.15) is 97.9 Å². The minimum absolute atomic E-state index is 0.00736. The monoisotopic (exact) mass is 875 g/mol. The number of likely N-dealkylation sites (tertiary alicyclic amines) is 1. The van der Waals surface area contributed by atoms with Crippen LogP contribution in [0.25, 0.3) is 16.6 Å². The van der Waals surface area contributed by atoms with E-state index in [1.807, 2.05) is 6.07 Å². The highest BCUT2D eigenvalue weighted by Gasteiger charge is 2.48. The van der Waals surface area contributed by atoms with E-state index in [4.69, 9.17) is 14.2 Å². The van der Waals surface area contributed by atoms with Gasteiger partial charge < -0.3 is 29.7 Å². The van der Waals surface area contributed by atoms with Crippen LogP contribution in [0, 0.1) is 11.8 Å². The number of morpholine rings is 1. The summed E-state index contributed by atoms with van der Waals surface area (Å²) in [5, 5.41) is 20.1. The first-order chi connectivity index (χ1) is 30.4. The van der Waals surface area contributed by atoms with Gasteiger partial charge in [-0.25, -0.2) is 18.3 Å². The zero-order valence-corrected chi connectivity index (χ0v) is 34.0. The van der Waals surface area contributed by atoms with E-state index >= 15 is 8.78 Å². The molecule has 1 aliphatic carbocycles. The SMILES string of the molecule is O=C1CCC(c2noc3c(NC(=O)C(F)(F)C4CCN(CC5CCC(n6cc(NC(=O)c7cnn8ccc(N9CC%10CC9CO%10)nc78)c(C(F)F)n6)CC5)CC4)cccc23)C(=O)N1. The second kappa shape index (κ2) is 16.3. The van der Waals surface area contributed by atoms with Crippen molar-refractivity contribution in [3.8, 4) is 0 Å². The van der Waals surface area contributed by atoms with Crippen LogP contribution in [0.15, 0.2) is 47.4 Å². The molecule has 3 unspecified atom stereocenters. The molecule has 17 nitrogen and oxygen atoms in total. The second-order valence-corrected chi connectivity index (χ2v) is 17.4. The van der Waals surface area contributed by atoms with Gasteiger partial charge in [0.2, 0.25) is 11.8 Å². The van der Waals surface area contributed by atoms with Crippen LogP contribution in [0.3, 0.4) is 0 Å². The molecule has 5 aliphatic rings. The summed E-state index contributed by atoms with van der Waals surface area (Å²) in [6.07, 6.45) is 6.13. The normalized spacial score (nSPS) is 24.8. The highest BCUT2D eigenvalue weighted by atomic mass is 19.3. The number of ether oxygens (including phenoxy) is 1. The number of amides is 4.